The summed E-state index contributed by atoms with van der Waals surface area (Å²) in [5.41, 5.74) is 8.74. The Morgan fingerprint density at radius 1 is 1.15 bits per heavy atom. The summed E-state index contributed by atoms with van der Waals surface area (Å²) in [6.07, 6.45) is -0.0601. The van der Waals surface area contributed by atoms with Crippen LogP contribution in [0, 0.1) is 13.8 Å². The summed E-state index contributed by atoms with van der Waals surface area (Å²) in [6.45, 7) is 5.06. The van der Waals surface area contributed by atoms with Crippen LogP contribution in [0.15, 0.2) is 42.5 Å². The second-order valence-electron chi connectivity index (χ2n) is 6.66. The molecule has 4 N–H and O–H groups in total. The van der Waals surface area contributed by atoms with Crippen LogP contribution in [-0.2, 0) is 6.42 Å². The van der Waals surface area contributed by atoms with Gasteiger partial charge in [-0.15, -0.1) is 0 Å². The Kier molecular flexibility index (Phi) is 6.21. The maximum atomic E-state index is 10.3. The van der Waals surface area contributed by atoms with Gasteiger partial charge in [-0.25, -0.2) is 9.97 Å². The fraction of sp³-hybridized carbons (Fsp3) is 0.333. The zero-order valence-electron chi connectivity index (χ0n) is 15.8. The molecule has 0 aliphatic rings. The molecule has 0 radical (unpaired) electrons. The first-order valence-electron chi connectivity index (χ1n) is 9.14. The number of aliphatic hydroxyl groups excluding tert-OH is 1. The Labute approximate surface area is 159 Å². The van der Waals surface area contributed by atoms with Gasteiger partial charge in [0.05, 0.1) is 5.52 Å². The van der Waals surface area contributed by atoms with E-state index in [-0.39, 0.29) is 6.61 Å². The molecule has 0 aliphatic carbocycles. The molecule has 27 heavy (non-hydrogen) atoms. The number of nitrogens with one attached hydrogen (secondary N) is 1. The van der Waals surface area contributed by atoms with Crippen LogP contribution in [-0.4, -0.2) is 40.9 Å². The van der Waals surface area contributed by atoms with Crippen molar-refractivity contribution in [3.05, 3.63) is 59.4 Å². The summed E-state index contributed by atoms with van der Waals surface area (Å²) in [4.78, 5) is 9.08. The third-order valence-electron chi connectivity index (χ3n) is 4.28. The lowest BCUT2D eigenvalue weighted by molar-refractivity contribution is 0.117. The number of para-hydroxylation sites is 1. The highest BCUT2D eigenvalue weighted by molar-refractivity contribution is 5.88. The summed E-state index contributed by atoms with van der Waals surface area (Å²) in [7, 11) is 0. The molecule has 0 unspecified atom stereocenters. The van der Waals surface area contributed by atoms with E-state index in [0.29, 0.717) is 31.2 Å². The number of nitrogens with zero attached hydrogens (tertiary/aromatic N) is 2. The third kappa shape index (κ3) is 4.93. The Balaban J connectivity index is 1.65. The molecule has 0 bridgehead atoms. The number of hydrogen-bond acceptors (Lipinski definition) is 6. The van der Waals surface area contributed by atoms with Gasteiger partial charge in [0.15, 0.2) is 0 Å². The molecule has 0 spiro atoms. The number of benzene rings is 2. The Bertz CT molecular complexity index is 914. The van der Waals surface area contributed by atoms with E-state index in [1.807, 2.05) is 50.2 Å². The van der Waals surface area contributed by atoms with Crippen LogP contribution in [0.5, 0.6) is 5.75 Å². The van der Waals surface area contributed by atoms with Gasteiger partial charge in [0, 0.05) is 18.4 Å². The fourth-order valence-corrected chi connectivity index (χ4v) is 2.92. The topological polar surface area (TPSA) is 93.3 Å². The summed E-state index contributed by atoms with van der Waals surface area (Å²) < 4.78 is 5.75. The predicted molar refractivity (Wildman–Crippen MR) is 108 cm³/mol. The fourth-order valence-electron chi connectivity index (χ4n) is 2.92. The molecule has 0 saturated carbocycles. The minimum atomic E-state index is -0.669. The minimum Gasteiger partial charge on any atom is -0.491 e. The Morgan fingerprint density at radius 2 is 1.96 bits per heavy atom. The van der Waals surface area contributed by atoms with Gasteiger partial charge >= 0.3 is 0 Å². The molecule has 3 aromatic rings. The minimum absolute atomic E-state index is 0.204. The van der Waals surface area contributed by atoms with Gasteiger partial charge in [0.1, 0.15) is 30.1 Å². The second-order valence-corrected chi connectivity index (χ2v) is 6.66. The number of anilines is 1. The van der Waals surface area contributed by atoms with Crippen molar-refractivity contribution in [1.82, 2.24) is 9.97 Å². The Morgan fingerprint density at radius 3 is 2.74 bits per heavy atom. The highest BCUT2D eigenvalue weighted by atomic mass is 16.5. The van der Waals surface area contributed by atoms with E-state index in [9.17, 15) is 5.11 Å². The average molecular weight is 366 g/mol. The molecule has 0 amide bonds. The van der Waals surface area contributed by atoms with E-state index < -0.39 is 6.10 Å². The van der Waals surface area contributed by atoms with Crippen LogP contribution in [0.4, 0.5) is 5.82 Å². The van der Waals surface area contributed by atoms with Crippen molar-refractivity contribution in [1.29, 1.82) is 0 Å². The lowest BCUT2D eigenvalue weighted by Crippen LogP contribution is -2.27. The third-order valence-corrected chi connectivity index (χ3v) is 4.28. The zero-order chi connectivity index (χ0) is 19.2. The van der Waals surface area contributed by atoms with E-state index in [1.165, 1.54) is 5.56 Å². The van der Waals surface area contributed by atoms with Crippen LogP contribution in [0.2, 0.25) is 0 Å². The van der Waals surface area contributed by atoms with Crippen molar-refractivity contribution in [2.75, 3.05) is 25.0 Å². The first-order chi connectivity index (χ1) is 13.1. The van der Waals surface area contributed by atoms with Gasteiger partial charge in [0.25, 0.3) is 0 Å². The summed E-state index contributed by atoms with van der Waals surface area (Å²) in [6, 6.07) is 13.8. The SMILES string of the molecule is Cc1ccc(OC[C@H](O)CNc2nc(CCN)nc3ccccc23)c(C)c1. The van der Waals surface area contributed by atoms with Crippen molar-refractivity contribution in [2.24, 2.45) is 5.73 Å². The quantitative estimate of drug-likeness (QED) is 0.567. The number of aromatic nitrogens is 2. The van der Waals surface area contributed by atoms with Crippen LogP contribution in [0.25, 0.3) is 10.9 Å². The number of hydrogen-bond donors (Lipinski definition) is 3. The lowest BCUT2D eigenvalue weighted by Gasteiger charge is -2.16. The molecule has 0 aliphatic heterocycles. The normalized spacial score (nSPS) is 12.1. The van der Waals surface area contributed by atoms with Crippen molar-refractivity contribution in [2.45, 2.75) is 26.4 Å². The van der Waals surface area contributed by atoms with E-state index in [1.54, 1.807) is 0 Å². The largest absolute Gasteiger partial charge is 0.491 e. The van der Waals surface area contributed by atoms with Gasteiger partial charge in [-0.05, 0) is 44.2 Å². The number of ether oxygens (including phenoxy) is 1. The molecule has 1 aromatic heterocycles. The van der Waals surface area contributed by atoms with E-state index in [0.717, 1.165) is 22.2 Å². The van der Waals surface area contributed by atoms with E-state index in [4.69, 9.17) is 10.5 Å². The molecule has 3 rings (SSSR count). The first-order valence-corrected chi connectivity index (χ1v) is 9.14. The van der Waals surface area contributed by atoms with Gasteiger partial charge in [-0.1, -0.05) is 29.8 Å². The highest BCUT2D eigenvalue weighted by Crippen LogP contribution is 2.21. The summed E-state index contributed by atoms with van der Waals surface area (Å²) in [5.74, 6) is 2.19. The molecule has 1 heterocycles. The molecule has 0 fully saturated rings. The molecular weight excluding hydrogens is 340 g/mol. The van der Waals surface area contributed by atoms with Crippen LogP contribution in [0.3, 0.4) is 0 Å². The summed E-state index contributed by atoms with van der Waals surface area (Å²) in [5, 5.41) is 14.5. The van der Waals surface area contributed by atoms with Crippen molar-refractivity contribution in [3.8, 4) is 5.75 Å². The Hall–Kier alpha value is -2.70. The standard InChI is InChI=1S/C21H26N4O2/c1-14-7-8-19(15(2)11-14)27-13-16(26)12-23-21-17-5-3-4-6-18(17)24-20(25-21)9-10-22/h3-8,11,16,26H,9-10,12-13,22H2,1-2H3,(H,23,24,25)/t16-/m1/s1. The highest BCUT2D eigenvalue weighted by Gasteiger charge is 2.11. The number of aliphatic hydroxyl groups is 1. The second kappa shape index (κ2) is 8.79. The molecule has 0 saturated heterocycles. The molecule has 142 valence electrons. The predicted octanol–water partition coefficient (Wildman–Crippen LogP) is 2.60. The molecule has 6 heteroatoms. The number of rotatable bonds is 8. The van der Waals surface area contributed by atoms with Gasteiger partial charge < -0.3 is 20.9 Å². The van der Waals surface area contributed by atoms with Crippen LogP contribution < -0.4 is 15.8 Å². The van der Waals surface area contributed by atoms with Crippen molar-refractivity contribution < 1.29 is 9.84 Å². The smallest absolute Gasteiger partial charge is 0.137 e. The lowest BCUT2D eigenvalue weighted by atomic mass is 10.1. The monoisotopic (exact) mass is 366 g/mol. The maximum Gasteiger partial charge on any atom is 0.137 e. The molecular formula is C21H26N4O2. The molecule has 2 aromatic carbocycles. The molecule has 1 atom stereocenters. The number of nitrogens with two attached hydrogens (primary N) is 1. The van der Waals surface area contributed by atoms with E-state index in [2.05, 4.69) is 21.4 Å². The number of aryl methyl sites for hydroxylation is 2. The molecule has 6 nitrogen and oxygen atoms in total. The summed E-state index contributed by atoms with van der Waals surface area (Å²) >= 11 is 0. The maximum absolute atomic E-state index is 10.3. The van der Waals surface area contributed by atoms with Crippen molar-refractivity contribution >= 4 is 16.7 Å². The zero-order valence-corrected chi connectivity index (χ0v) is 15.8. The van der Waals surface area contributed by atoms with Gasteiger partial charge in [-0.3, -0.25) is 0 Å². The van der Waals surface area contributed by atoms with E-state index >= 15 is 0 Å². The van der Waals surface area contributed by atoms with Gasteiger partial charge in [0.2, 0.25) is 0 Å². The van der Waals surface area contributed by atoms with Crippen LogP contribution >= 0.6 is 0 Å². The van der Waals surface area contributed by atoms with Crippen molar-refractivity contribution in [3.63, 3.8) is 0 Å². The van der Waals surface area contributed by atoms with Crippen LogP contribution in [0.1, 0.15) is 17.0 Å². The first kappa shape index (κ1) is 19.1. The average Bonchev–Trinajstić information content (AvgIpc) is 2.65. The van der Waals surface area contributed by atoms with Gasteiger partial charge in [-0.2, -0.15) is 0 Å². The number of fused-ring (bicyclic) bond motifs is 1.